The largest absolute Gasteiger partial charge is 0.409 e. The van der Waals surface area contributed by atoms with Crippen LogP contribution in [0.5, 0.6) is 0 Å². The zero-order valence-electron chi connectivity index (χ0n) is 10.9. The Morgan fingerprint density at radius 1 is 1.45 bits per heavy atom. The molecule has 0 aromatic carbocycles. The lowest BCUT2D eigenvalue weighted by Crippen LogP contribution is -2.29. The molecule has 0 bridgehead atoms. The van der Waals surface area contributed by atoms with Gasteiger partial charge >= 0.3 is 0 Å². The molecule has 1 fully saturated rings. The molecule has 0 aliphatic heterocycles. The SMILES string of the molecule is NC(=NO)c1cccnc1N(Cc1cccs1)C1CC1. The summed E-state index contributed by atoms with van der Waals surface area (Å²) in [6.45, 7) is 0.811. The van der Waals surface area contributed by atoms with Crippen LogP contribution in [0.1, 0.15) is 23.3 Å². The van der Waals surface area contributed by atoms with Crippen molar-refractivity contribution in [1.82, 2.24) is 4.98 Å². The molecular weight excluding hydrogens is 272 g/mol. The van der Waals surface area contributed by atoms with Gasteiger partial charge in [0.1, 0.15) is 5.82 Å². The number of hydrogen-bond acceptors (Lipinski definition) is 5. The molecule has 104 valence electrons. The summed E-state index contributed by atoms with van der Waals surface area (Å²) < 4.78 is 0. The van der Waals surface area contributed by atoms with E-state index in [2.05, 4.69) is 26.5 Å². The smallest absolute Gasteiger partial charge is 0.173 e. The van der Waals surface area contributed by atoms with Crippen molar-refractivity contribution in [3.05, 3.63) is 46.3 Å². The van der Waals surface area contributed by atoms with Crippen LogP contribution < -0.4 is 10.6 Å². The van der Waals surface area contributed by atoms with Crippen molar-refractivity contribution < 1.29 is 5.21 Å². The van der Waals surface area contributed by atoms with Crippen molar-refractivity contribution >= 4 is 23.0 Å². The van der Waals surface area contributed by atoms with Crippen LogP contribution in [0.3, 0.4) is 0 Å². The first-order chi connectivity index (χ1) is 9.79. The third-order valence-electron chi connectivity index (χ3n) is 3.34. The van der Waals surface area contributed by atoms with Crippen LogP contribution in [0.4, 0.5) is 5.82 Å². The molecule has 2 aromatic rings. The third kappa shape index (κ3) is 2.60. The summed E-state index contributed by atoms with van der Waals surface area (Å²) >= 11 is 1.73. The summed E-state index contributed by atoms with van der Waals surface area (Å²) in [5.74, 6) is 0.892. The van der Waals surface area contributed by atoms with E-state index in [1.54, 1.807) is 23.6 Å². The van der Waals surface area contributed by atoms with E-state index in [0.29, 0.717) is 11.6 Å². The molecule has 0 saturated heterocycles. The van der Waals surface area contributed by atoms with Gasteiger partial charge in [-0.05, 0) is 36.4 Å². The second-order valence-corrected chi connectivity index (χ2v) is 5.83. The maximum Gasteiger partial charge on any atom is 0.173 e. The highest BCUT2D eigenvalue weighted by molar-refractivity contribution is 7.09. The summed E-state index contributed by atoms with van der Waals surface area (Å²) in [5.41, 5.74) is 6.44. The molecule has 2 aromatic heterocycles. The lowest BCUT2D eigenvalue weighted by atomic mass is 10.2. The Bertz CT molecular complexity index is 607. The van der Waals surface area contributed by atoms with E-state index in [9.17, 15) is 0 Å². The molecule has 3 rings (SSSR count). The highest BCUT2D eigenvalue weighted by atomic mass is 32.1. The van der Waals surface area contributed by atoms with Gasteiger partial charge in [-0.25, -0.2) is 4.98 Å². The van der Waals surface area contributed by atoms with E-state index in [4.69, 9.17) is 10.9 Å². The molecule has 1 aliphatic carbocycles. The van der Waals surface area contributed by atoms with Gasteiger partial charge in [0.2, 0.25) is 0 Å². The first-order valence-electron chi connectivity index (χ1n) is 6.51. The van der Waals surface area contributed by atoms with E-state index in [0.717, 1.165) is 25.2 Å². The zero-order valence-corrected chi connectivity index (χ0v) is 11.8. The molecule has 1 aliphatic rings. The van der Waals surface area contributed by atoms with Crippen LogP contribution in [0.25, 0.3) is 0 Å². The molecule has 6 heteroatoms. The van der Waals surface area contributed by atoms with Crippen molar-refractivity contribution in [2.45, 2.75) is 25.4 Å². The molecule has 0 amide bonds. The van der Waals surface area contributed by atoms with E-state index in [-0.39, 0.29) is 5.84 Å². The van der Waals surface area contributed by atoms with Crippen LogP contribution >= 0.6 is 11.3 Å². The maximum atomic E-state index is 8.92. The molecule has 0 unspecified atom stereocenters. The Hall–Kier alpha value is -2.08. The molecule has 3 N–H and O–H groups in total. The first-order valence-corrected chi connectivity index (χ1v) is 7.39. The van der Waals surface area contributed by atoms with E-state index >= 15 is 0 Å². The number of anilines is 1. The van der Waals surface area contributed by atoms with E-state index in [1.807, 2.05) is 12.1 Å². The van der Waals surface area contributed by atoms with Gasteiger partial charge in [-0.1, -0.05) is 11.2 Å². The van der Waals surface area contributed by atoms with Crippen LogP contribution in [-0.2, 0) is 6.54 Å². The highest BCUT2D eigenvalue weighted by Crippen LogP contribution is 2.34. The van der Waals surface area contributed by atoms with Gasteiger partial charge < -0.3 is 15.8 Å². The Kier molecular flexibility index (Phi) is 3.56. The average Bonchev–Trinajstić information content (AvgIpc) is 3.20. The Labute approximate surface area is 121 Å². The highest BCUT2D eigenvalue weighted by Gasteiger charge is 2.32. The van der Waals surface area contributed by atoms with E-state index in [1.165, 1.54) is 4.88 Å². The van der Waals surface area contributed by atoms with Gasteiger partial charge in [0, 0.05) is 17.1 Å². The standard InChI is InChI=1S/C14H16N4OS/c15-13(17-19)12-4-1-7-16-14(12)18(10-5-6-10)9-11-3-2-8-20-11/h1-4,7-8,10,19H,5-6,9H2,(H2,15,17). The predicted molar refractivity (Wildman–Crippen MR) is 80.3 cm³/mol. The second kappa shape index (κ2) is 5.50. The van der Waals surface area contributed by atoms with Crippen molar-refractivity contribution in [3.8, 4) is 0 Å². The summed E-state index contributed by atoms with van der Waals surface area (Å²) in [6.07, 6.45) is 4.07. The third-order valence-corrected chi connectivity index (χ3v) is 4.20. The number of oxime groups is 1. The van der Waals surface area contributed by atoms with Crippen molar-refractivity contribution in [3.63, 3.8) is 0 Å². The lowest BCUT2D eigenvalue weighted by Gasteiger charge is -2.24. The Morgan fingerprint density at radius 2 is 2.30 bits per heavy atom. The fourth-order valence-electron chi connectivity index (χ4n) is 2.21. The van der Waals surface area contributed by atoms with E-state index < -0.39 is 0 Å². The number of amidine groups is 1. The molecular formula is C14H16N4OS. The second-order valence-electron chi connectivity index (χ2n) is 4.80. The minimum absolute atomic E-state index is 0.102. The zero-order chi connectivity index (χ0) is 13.9. The summed E-state index contributed by atoms with van der Waals surface area (Å²) in [4.78, 5) is 7.98. The number of nitrogens with two attached hydrogens (primary N) is 1. The number of aromatic nitrogens is 1. The predicted octanol–water partition coefficient (Wildman–Crippen LogP) is 2.41. The summed E-state index contributed by atoms with van der Waals surface area (Å²) in [5, 5.41) is 14.1. The first kappa shape index (κ1) is 12.9. The monoisotopic (exact) mass is 288 g/mol. The molecule has 2 heterocycles. The molecule has 0 atom stereocenters. The molecule has 5 nitrogen and oxygen atoms in total. The topological polar surface area (TPSA) is 74.7 Å². The lowest BCUT2D eigenvalue weighted by molar-refractivity contribution is 0.318. The minimum Gasteiger partial charge on any atom is -0.409 e. The molecule has 1 saturated carbocycles. The minimum atomic E-state index is 0.102. The summed E-state index contributed by atoms with van der Waals surface area (Å²) in [6, 6.07) is 8.30. The number of rotatable bonds is 5. The fraction of sp³-hybridized carbons (Fsp3) is 0.286. The number of pyridine rings is 1. The normalized spacial score (nSPS) is 15.3. The van der Waals surface area contributed by atoms with Gasteiger partial charge in [0.15, 0.2) is 5.84 Å². The van der Waals surface area contributed by atoms with Gasteiger partial charge in [-0.3, -0.25) is 0 Å². The average molecular weight is 288 g/mol. The van der Waals surface area contributed by atoms with Gasteiger partial charge in [-0.2, -0.15) is 0 Å². The number of thiophene rings is 1. The maximum absolute atomic E-state index is 8.92. The van der Waals surface area contributed by atoms with Gasteiger partial charge in [0.05, 0.1) is 12.1 Å². The van der Waals surface area contributed by atoms with Gasteiger partial charge in [-0.15, -0.1) is 11.3 Å². The number of nitrogens with zero attached hydrogens (tertiary/aromatic N) is 3. The fourth-order valence-corrected chi connectivity index (χ4v) is 2.92. The quantitative estimate of drug-likeness (QED) is 0.383. The number of hydrogen-bond donors (Lipinski definition) is 2. The Balaban J connectivity index is 1.95. The van der Waals surface area contributed by atoms with Crippen LogP contribution in [0.15, 0.2) is 41.0 Å². The molecule has 0 radical (unpaired) electrons. The van der Waals surface area contributed by atoms with Crippen LogP contribution in [0.2, 0.25) is 0 Å². The van der Waals surface area contributed by atoms with Crippen molar-refractivity contribution in [2.24, 2.45) is 10.9 Å². The van der Waals surface area contributed by atoms with Gasteiger partial charge in [0.25, 0.3) is 0 Å². The van der Waals surface area contributed by atoms with Crippen molar-refractivity contribution in [1.29, 1.82) is 0 Å². The van der Waals surface area contributed by atoms with Crippen LogP contribution in [-0.4, -0.2) is 22.1 Å². The molecule has 20 heavy (non-hydrogen) atoms. The molecule has 0 spiro atoms. The Morgan fingerprint density at radius 3 is 2.95 bits per heavy atom. The summed E-state index contributed by atoms with van der Waals surface area (Å²) in [7, 11) is 0. The van der Waals surface area contributed by atoms with Crippen LogP contribution in [0, 0.1) is 0 Å². The van der Waals surface area contributed by atoms with Crippen molar-refractivity contribution in [2.75, 3.05) is 4.90 Å².